The summed E-state index contributed by atoms with van der Waals surface area (Å²) in [4.78, 5) is 76.8. The molecule has 0 spiro atoms. The van der Waals surface area contributed by atoms with E-state index in [1.54, 1.807) is 12.3 Å². The molecule has 69 heavy (non-hydrogen) atoms. The average Bonchev–Trinajstić information content (AvgIpc) is 4.01. The number of ether oxygens (including phenoxy) is 1. The van der Waals surface area contributed by atoms with Crippen molar-refractivity contribution in [2.45, 2.75) is 69.3 Å². The van der Waals surface area contributed by atoms with E-state index in [2.05, 4.69) is 32.1 Å². The molecule has 4 fully saturated rings. The molecule has 2 aromatic heterocycles. The highest BCUT2D eigenvalue weighted by molar-refractivity contribution is 7.90. The van der Waals surface area contributed by atoms with Gasteiger partial charge in [-0.2, -0.15) is 12.7 Å². The molecule has 0 bridgehead atoms. The number of aromatic nitrogens is 2. The molecule has 1 aliphatic carbocycles. The van der Waals surface area contributed by atoms with Crippen LogP contribution in [0.5, 0.6) is 5.75 Å². The predicted molar refractivity (Wildman–Crippen MR) is 243 cm³/mol. The molecular weight excluding hydrogens is 925 g/mol. The molecule has 4 amide bonds. The molecule has 1 unspecified atom stereocenters. The van der Waals surface area contributed by atoms with Crippen molar-refractivity contribution in [3.8, 4) is 16.9 Å². The zero-order valence-corrected chi connectivity index (χ0v) is 38.0. The summed E-state index contributed by atoms with van der Waals surface area (Å²) in [7, 11) is -2.31. The number of fused-ring (bicyclic) bond motifs is 2. The minimum atomic E-state index is -4.37. The zero-order chi connectivity index (χ0) is 48.5. The van der Waals surface area contributed by atoms with Gasteiger partial charge in [-0.3, -0.25) is 38.9 Å². The first kappa shape index (κ1) is 46.0. The van der Waals surface area contributed by atoms with Gasteiger partial charge in [-0.25, -0.2) is 22.5 Å². The SMILES string of the molecule is CN(CC1CCN(c2ccc(-c3cnc4[nH]cc(C(=O)c5c(F)ccc(NS(=O)(=O)N6CC[C@@H](F)C6)c5F)c4c3)cc2)CC1)[C@H]1C[C@H](Oc2cc3c(cc2F)C(=O)N(C2CCC(=O)NC2=O)C3=O)C1. The molecule has 5 aliphatic rings. The number of piperidine rings is 2. The monoisotopic (exact) mass is 970 g/mol. The van der Waals surface area contributed by atoms with Gasteiger partial charge >= 0.3 is 10.2 Å². The summed E-state index contributed by atoms with van der Waals surface area (Å²) < 4.78 is 94.3. The summed E-state index contributed by atoms with van der Waals surface area (Å²) in [5.41, 5.74) is 0.906. The maximum Gasteiger partial charge on any atom is 0.301 e. The molecule has 360 valence electrons. The van der Waals surface area contributed by atoms with Crippen LogP contribution in [0.1, 0.15) is 81.6 Å². The number of imide groups is 2. The minimum Gasteiger partial charge on any atom is -0.487 e. The number of rotatable bonds is 13. The Bertz CT molecular complexity index is 3050. The maximum atomic E-state index is 15.8. The number of amides is 4. The predicted octanol–water partition coefficient (Wildman–Crippen LogP) is 5.74. The Labute approximate surface area is 393 Å². The lowest BCUT2D eigenvalue weighted by molar-refractivity contribution is -0.136. The first-order chi connectivity index (χ1) is 33.0. The molecule has 3 N–H and O–H groups in total. The third-order valence-electron chi connectivity index (χ3n) is 14.0. The number of anilines is 2. The molecule has 2 atom stereocenters. The Hall–Kier alpha value is -6.71. The third-order valence-corrected chi connectivity index (χ3v) is 15.5. The number of hydrogen-bond acceptors (Lipinski definition) is 11. The van der Waals surface area contributed by atoms with Crippen LogP contribution < -0.4 is 19.7 Å². The summed E-state index contributed by atoms with van der Waals surface area (Å²) in [6, 6.07) is 12.5. The van der Waals surface area contributed by atoms with Crippen LogP contribution in [0.2, 0.25) is 0 Å². The van der Waals surface area contributed by atoms with E-state index in [0.29, 0.717) is 35.4 Å². The molecule has 5 aromatic rings. The van der Waals surface area contributed by atoms with Crippen LogP contribution in [0.3, 0.4) is 0 Å². The maximum absolute atomic E-state index is 15.8. The van der Waals surface area contributed by atoms with Crippen molar-refractivity contribution < 1.29 is 54.7 Å². The van der Waals surface area contributed by atoms with Crippen molar-refractivity contribution in [2.24, 2.45) is 5.92 Å². The Balaban J connectivity index is 0.721. The second-order valence-corrected chi connectivity index (χ2v) is 20.0. The lowest BCUT2D eigenvalue weighted by Gasteiger charge is -2.43. The summed E-state index contributed by atoms with van der Waals surface area (Å²) in [5.74, 6) is -6.82. The topological polar surface area (TPSA) is 194 Å². The molecule has 16 nitrogen and oxygen atoms in total. The molecule has 0 radical (unpaired) electrons. The summed E-state index contributed by atoms with van der Waals surface area (Å²) in [6.07, 6.45) is 4.45. The van der Waals surface area contributed by atoms with Crippen LogP contribution >= 0.6 is 0 Å². The number of alkyl halides is 1. The number of H-pyrrole nitrogens is 1. The number of nitrogens with one attached hydrogen (secondary N) is 3. The standard InChI is InChI=1S/C48H46F4N8O8S/c1-57(30-17-31(18-30)68-40-20-34-33(19-37(40)51)47(64)60(48(34)65)39-8-9-41(61)55-46(39)63)23-25-10-13-58(14-11-25)29-4-2-26(3-5-29)27-16-32-35(22-54-45(32)53-21-27)44(62)42-36(50)6-7-38(43(42)52)56-69(66,67)59-15-12-28(49)24-59/h2-7,16,19-22,25,28,30-31,39,56H,8-15,17-18,23-24H2,1H3,(H,53,54)(H,55,61,63)/t28-,30-,31-,39?/m1/s1. The summed E-state index contributed by atoms with van der Waals surface area (Å²) in [5, 5.41) is 2.45. The molecule has 21 heteroatoms. The fraction of sp³-hybridized carbons (Fsp3) is 0.375. The largest absolute Gasteiger partial charge is 0.487 e. The van der Waals surface area contributed by atoms with Gasteiger partial charge in [0.1, 0.15) is 29.8 Å². The Kier molecular flexibility index (Phi) is 12.0. The molecule has 3 aromatic carbocycles. The number of carbonyl (C=O) groups is 5. The van der Waals surface area contributed by atoms with Crippen LogP contribution in [0.4, 0.5) is 28.9 Å². The highest BCUT2D eigenvalue weighted by Gasteiger charge is 2.46. The Morgan fingerprint density at radius 1 is 0.899 bits per heavy atom. The Morgan fingerprint density at radius 3 is 2.32 bits per heavy atom. The van der Waals surface area contributed by atoms with Gasteiger partial charge in [0, 0.05) is 92.6 Å². The van der Waals surface area contributed by atoms with Gasteiger partial charge in [0.25, 0.3) is 11.8 Å². The first-order valence-corrected chi connectivity index (χ1v) is 24.2. The van der Waals surface area contributed by atoms with Crippen LogP contribution in [0, 0.1) is 23.4 Å². The summed E-state index contributed by atoms with van der Waals surface area (Å²) >= 11 is 0. The van der Waals surface area contributed by atoms with Gasteiger partial charge in [0.2, 0.25) is 17.6 Å². The van der Waals surface area contributed by atoms with Crippen molar-refractivity contribution in [2.75, 3.05) is 49.4 Å². The van der Waals surface area contributed by atoms with E-state index in [-0.39, 0.29) is 60.4 Å². The van der Waals surface area contributed by atoms with Crippen LogP contribution in [-0.4, -0.2) is 126 Å². The van der Waals surface area contributed by atoms with Crippen molar-refractivity contribution >= 4 is 62.0 Å². The second kappa shape index (κ2) is 18.0. The highest BCUT2D eigenvalue weighted by Crippen LogP contribution is 2.37. The fourth-order valence-corrected chi connectivity index (χ4v) is 11.2. The van der Waals surface area contributed by atoms with E-state index in [9.17, 15) is 36.8 Å². The molecule has 10 rings (SSSR count). The molecule has 1 saturated carbocycles. The third kappa shape index (κ3) is 8.71. The number of aromatic amines is 1. The summed E-state index contributed by atoms with van der Waals surface area (Å²) in [6.45, 7) is 2.03. The van der Waals surface area contributed by atoms with Crippen molar-refractivity contribution in [3.63, 3.8) is 0 Å². The Morgan fingerprint density at radius 2 is 1.62 bits per heavy atom. The van der Waals surface area contributed by atoms with Crippen molar-refractivity contribution in [3.05, 3.63) is 107 Å². The van der Waals surface area contributed by atoms with Gasteiger partial charge in [-0.15, -0.1) is 0 Å². The number of carbonyl (C=O) groups excluding carboxylic acids is 5. The van der Waals surface area contributed by atoms with Crippen LogP contribution in [0.15, 0.2) is 67.0 Å². The normalized spacial score (nSPS) is 22.3. The highest BCUT2D eigenvalue weighted by atomic mass is 32.2. The first-order valence-electron chi connectivity index (χ1n) is 22.7. The molecule has 4 aliphatic heterocycles. The molecular formula is C48H46F4N8O8S. The van der Waals surface area contributed by atoms with E-state index >= 15 is 13.2 Å². The van der Waals surface area contributed by atoms with Crippen LogP contribution in [0.25, 0.3) is 22.2 Å². The number of halogens is 4. The smallest absolute Gasteiger partial charge is 0.301 e. The van der Waals surface area contributed by atoms with Crippen molar-refractivity contribution in [1.29, 1.82) is 0 Å². The quantitative estimate of drug-likeness (QED) is 0.0741. The van der Waals surface area contributed by atoms with Gasteiger partial charge in [-0.1, -0.05) is 12.1 Å². The van der Waals surface area contributed by atoms with Crippen molar-refractivity contribution in [1.82, 2.24) is 29.4 Å². The number of nitrogens with zero attached hydrogens (tertiary/aromatic N) is 5. The molecule has 6 heterocycles. The fourth-order valence-electron chi connectivity index (χ4n) is 9.96. The average molecular weight is 971 g/mol. The lowest BCUT2D eigenvalue weighted by atomic mass is 9.86. The van der Waals surface area contributed by atoms with E-state index in [1.165, 1.54) is 12.3 Å². The minimum absolute atomic E-state index is 0.00255. The van der Waals surface area contributed by atoms with E-state index in [1.807, 2.05) is 29.0 Å². The number of pyridine rings is 1. The van der Waals surface area contributed by atoms with E-state index in [4.69, 9.17) is 4.74 Å². The number of benzene rings is 3. The number of ketones is 1. The second-order valence-electron chi connectivity index (χ2n) is 18.3. The van der Waals surface area contributed by atoms with Gasteiger partial charge in [0.15, 0.2) is 17.4 Å². The lowest BCUT2D eigenvalue weighted by Crippen LogP contribution is -2.54. The van der Waals surface area contributed by atoms with Gasteiger partial charge in [0.05, 0.1) is 22.4 Å². The van der Waals surface area contributed by atoms with Gasteiger partial charge in [-0.05, 0) is 86.7 Å². The van der Waals surface area contributed by atoms with E-state index in [0.717, 1.165) is 71.1 Å². The van der Waals surface area contributed by atoms with Gasteiger partial charge < -0.3 is 19.5 Å². The zero-order valence-electron chi connectivity index (χ0n) is 37.1. The van der Waals surface area contributed by atoms with E-state index < -0.39 is 87.1 Å². The van der Waals surface area contributed by atoms with Crippen LogP contribution in [-0.2, 0) is 19.8 Å². The molecule has 3 saturated heterocycles. The number of hydrogen-bond donors (Lipinski definition) is 3.